The van der Waals surface area contributed by atoms with Crippen molar-refractivity contribution in [1.82, 2.24) is 9.80 Å². The first kappa shape index (κ1) is 21.8. The van der Waals surface area contributed by atoms with Gasteiger partial charge in [0.15, 0.2) is 11.5 Å². The van der Waals surface area contributed by atoms with Gasteiger partial charge in [-0.2, -0.15) is 0 Å². The van der Waals surface area contributed by atoms with Crippen molar-refractivity contribution in [2.45, 2.75) is 38.5 Å². The molecule has 0 aliphatic carbocycles. The van der Waals surface area contributed by atoms with E-state index in [-0.39, 0.29) is 17.2 Å². The highest BCUT2D eigenvalue weighted by Gasteiger charge is 2.35. The zero-order valence-corrected chi connectivity index (χ0v) is 18.7. The van der Waals surface area contributed by atoms with Crippen molar-refractivity contribution in [3.05, 3.63) is 23.8 Å². The van der Waals surface area contributed by atoms with Crippen LogP contribution in [0, 0.1) is 11.8 Å². The fourth-order valence-corrected chi connectivity index (χ4v) is 5.24. The zero-order valence-electron chi connectivity index (χ0n) is 17.8. The second kappa shape index (κ2) is 9.74. The van der Waals surface area contributed by atoms with Gasteiger partial charge in [0, 0.05) is 26.1 Å². The van der Waals surface area contributed by atoms with Gasteiger partial charge in [-0.25, -0.2) is 0 Å². The molecular weight excluding hydrogens is 388 g/mol. The van der Waals surface area contributed by atoms with E-state index >= 15 is 0 Å². The molecule has 1 atom stereocenters. The molecule has 2 saturated heterocycles. The topological polar surface area (TPSA) is 59.1 Å². The number of benzene rings is 1. The van der Waals surface area contributed by atoms with Crippen molar-refractivity contribution >= 4 is 23.6 Å². The van der Waals surface area contributed by atoms with Gasteiger partial charge < -0.3 is 19.3 Å². The summed E-state index contributed by atoms with van der Waals surface area (Å²) in [5, 5.41) is 0.00269. The van der Waals surface area contributed by atoms with Crippen molar-refractivity contribution in [1.29, 1.82) is 0 Å². The summed E-state index contributed by atoms with van der Waals surface area (Å²) in [5.41, 5.74) is 1.06. The molecule has 0 radical (unpaired) electrons. The quantitative estimate of drug-likeness (QED) is 0.675. The molecule has 2 fully saturated rings. The average Bonchev–Trinajstić information content (AvgIpc) is 3.07. The van der Waals surface area contributed by atoms with Gasteiger partial charge in [-0.15, -0.1) is 11.8 Å². The first-order chi connectivity index (χ1) is 13.9. The third-order valence-electron chi connectivity index (χ3n) is 5.67. The molecule has 6 nitrogen and oxygen atoms in total. The number of likely N-dealkylation sites (tertiary alicyclic amines) is 1. The average molecular weight is 421 g/mol. The molecule has 2 amide bonds. The Balaban J connectivity index is 1.63. The highest BCUT2D eigenvalue weighted by molar-refractivity contribution is 8.00. The Hall–Kier alpha value is -1.89. The molecule has 29 heavy (non-hydrogen) atoms. The number of hydrogen-bond donors (Lipinski definition) is 0. The van der Waals surface area contributed by atoms with Gasteiger partial charge >= 0.3 is 0 Å². The van der Waals surface area contributed by atoms with Gasteiger partial charge in [-0.1, -0.05) is 19.9 Å². The van der Waals surface area contributed by atoms with E-state index in [4.69, 9.17) is 9.47 Å². The minimum Gasteiger partial charge on any atom is -0.493 e. The number of amides is 2. The van der Waals surface area contributed by atoms with Crippen LogP contribution in [0.3, 0.4) is 0 Å². The van der Waals surface area contributed by atoms with Crippen molar-refractivity contribution in [3.8, 4) is 11.5 Å². The summed E-state index contributed by atoms with van der Waals surface area (Å²) in [5.74, 6) is 3.15. The predicted molar refractivity (Wildman–Crippen MR) is 115 cm³/mol. The van der Waals surface area contributed by atoms with E-state index in [1.807, 2.05) is 28.0 Å². The van der Waals surface area contributed by atoms with Crippen LogP contribution >= 0.6 is 11.8 Å². The summed E-state index contributed by atoms with van der Waals surface area (Å²) >= 11 is 1.66. The van der Waals surface area contributed by atoms with E-state index in [2.05, 4.69) is 13.8 Å². The molecular formula is C22H32N2O4S. The normalized spacial score (nSPS) is 20.4. The fraction of sp³-hybridized carbons (Fsp3) is 0.636. The van der Waals surface area contributed by atoms with Crippen LogP contribution in [0.5, 0.6) is 11.5 Å². The number of thioether (sulfide) groups is 1. The van der Waals surface area contributed by atoms with Crippen molar-refractivity contribution in [2.75, 3.05) is 39.6 Å². The van der Waals surface area contributed by atoms with Crippen LogP contribution in [0.1, 0.15) is 44.0 Å². The molecule has 1 aromatic rings. The summed E-state index contributed by atoms with van der Waals surface area (Å²) in [6.07, 6.45) is 2.53. The summed E-state index contributed by atoms with van der Waals surface area (Å²) in [4.78, 5) is 28.9. The monoisotopic (exact) mass is 420 g/mol. The van der Waals surface area contributed by atoms with Crippen LogP contribution in [0.25, 0.3) is 0 Å². The number of nitrogens with zero attached hydrogens (tertiary/aromatic N) is 2. The largest absolute Gasteiger partial charge is 0.493 e. The summed E-state index contributed by atoms with van der Waals surface area (Å²) in [7, 11) is 3.25. The number of carbonyl (C=O) groups is 2. The Morgan fingerprint density at radius 2 is 1.86 bits per heavy atom. The Morgan fingerprint density at radius 3 is 2.48 bits per heavy atom. The second-order valence-electron chi connectivity index (χ2n) is 8.25. The van der Waals surface area contributed by atoms with Crippen LogP contribution in [0.2, 0.25) is 0 Å². The van der Waals surface area contributed by atoms with Gasteiger partial charge in [-0.05, 0) is 42.4 Å². The Kier molecular flexibility index (Phi) is 7.33. The van der Waals surface area contributed by atoms with Gasteiger partial charge in [-0.3, -0.25) is 9.59 Å². The molecule has 0 saturated carbocycles. The lowest BCUT2D eigenvalue weighted by Crippen LogP contribution is -2.42. The first-order valence-electron chi connectivity index (χ1n) is 10.3. The molecule has 1 aromatic carbocycles. The molecule has 1 unspecified atom stereocenters. The minimum atomic E-state index is 0.00269. The fourth-order valence-electron chi connectivity index (χ4n) is 4.06. The number of rotatable bonds is 7. The van der Waals surface area contributed by atoms with Gasteiger partial charge in [0.1, 0.15) is 5.37 Å². The molecule has 0 aromatic heterocycles. The molecule has 160 valence electrons. The molecule has 0 N–H and O–H groups in total. The van der Waals surface area contributed by atoms with Gasteiger partial charge in [0.2, 0.25) is 11.8 Å². The Bertz CT molecular complexity index is 732. The molecule has 2 aliphatic rings. The van der Waals surface area contributed by atoms with Crippen LogP contribution in [0.4, 0.5) is 0 Å². The van der Waals surface area contributed by atoms with Crippen LogP contribution < -0.4 is 9.47 Å². The second-order valence-corrected chi connectivity index (χ2v) is 9.31. The van der Waals surface area contributed by atoms with E-state index in [0.717, 1.165) is 38.0 Å². The summed E-state index contributed by atoms with van der Waals surface area (Å²) in [6.45, 7) is 6.50. The number of carbonyl (C=O) groups excluding carboxylic acids is 2. The smallest absolute Gasteiger partial charge is 0.233 e. The number of ether oxygens (including phenoxy) is 2. The minimum absolute atomic E-state index is 0.00269. The van der Waals surface area contributed by atoms with Gasteiger partial charge in [0.05, 0.1) is 20.0 Å². The Labute approximate surface area is 177 Å². The third-order valence-corrected chi connectivity index (χ3v) is 6.92. The maximum Gasteiger partial charge on any atom is 0.233 e. The van der Waals surface area contributed by atoms with E-state index in [9.17, 15) is 9.59 Å². The number of piperidine rings is 1. The SMILES string of the molecule is COc1ccc(C2SCC(=O)N2CC2CCN(C(=O)CC(C)C)CC2)cc1OC. The van der Waals surface area contributed by atoms with Crippen LogP contribution in [0.15, 0.2) is 18.2 Å². The standard InChI is InChI=1S/C22H32N2O4S/c1-15(2)11-20(25)23-9-7-16(8-10-23)13-24-21(26)14-29-22(24)17-5-6-18(27-3)19(12-17)28-4/h5-6,12,15-16,22H,7-11,13-14H2,1-4H3. The zero-order chi connectivity index (χ0) is 21.0. The lowest BCUT2D eigenvalue weighted by atomic mass is 9.95. The first-order valence-corrected chi connectivity index (χ1v) is 11.4. The van der Waals surface area contributed by atoms with Crippen molar-refractivity contribution in [3.63, 3.8) is 0 Å². The summed E-state index contributed by atoms with van der Waals surface area (Å²) < 4.78 is 10.8. The lowest BCUT2D eigenvalue weighted by Gasteiger charge is -2.35. The highest BCUT2D eigenvalue weighted by atomic mass is 32.2. The maximum atomic E-state index is 12.6. The van der Waals surface area contributed by atoms with E-state index in [0.29, 0.717) is 35.5 Å². The molecule has 2 heterocycles. The van der Waals surface area contributed by atoms with Crippen molar-refractivity contribution < 1.29 is 19.1 Å². The van der Waals surface area contributed by atoms with E-state index < -0.39 is 0 Å². The number of methoxy groups -OCH3 is 2. The maximum absolute atomic E-state index is 12.6. The molecule has 2 aliphatic heterocycles. The van der Waals surface area contributed by atoms with Gasteiger partial charge in [0.25, 0.3) is 0 Å². The molecule has 0 bridgehead atoms. The molecule has 7 heteroatoms. The van der Waals surface area contributed by atoms with Crippen LogP contribution in [-0.4, -0.2) is 61.2 Å². The predicted octanol–water partition coefficient (Wildman–Crippen LogP) is 3.56. The third kappa shape index (κ3) is 5.18. The lowest BCUT2D eigenvalue weighted by molar-refractivity contribution is -0.134. The highest BCUT2D eigenvalue weighted by Crippen LogP contribution is 2.42. The number of hydrogen-bond acceptors (Lipinski definition) is 5. The van der Waals surface area contributed by atoms with E-state index in [1.165, 1.54) is 0 Å². The van der Waals surface area contributed by atoms with Crippen molar-refractivity contribution in [2.24, 2.45) is 11.8 Å². The van der Waals surface area contributed by atoms with E-state index in [1.54, 1.807) is 26.0 Å². The summed E-state index contributed by atoms with van der Waals surface area (Å²) in [6, 6.07) is 5.88. The van der Waals surface area contributed by atoms with Crippen LogP contribution in [-0.2, 0) is 9.59 Å². The molecule has 0 spiro atoms. The molecule has 3 rings (SSSR count). The Morgan fingerprint density at radius 1 is 1.17 bits per heavy atom.